The third-order valence-corrected chi connectivity index (χ3v) is 3.22. The summed E-state index contributed by atoms with van der Waals surface area (Å²) in [6.07, 6.45) is 2.20. The molecule has 0 bridgehead atoms. The van der Waals surface area contributed by atoms with Gasteiger partial charge < -0.3 is 11.1 Å². The van der Waals surface area contributed by atoms with Crippen molar-refractivity contribution >= 4 is 23.3 Å². The maximum absolute atomic E-state index is 11.9. The lowest BCUT2D eigenvalue weighted by Crippen LogP contribution is -2.25. The van der Waals surface area contributed by atoms with E-state index in [0.29, 0.717) is 12.1 Å². The van der Waals surface area contributed by atoms with Crippen LogP contribution in [0.15, 0.2) is 36.5 Å². The van der Waals surface area contributed by atoms with Crippen LogP contribution in [0.2, 0.25) is 5.02 Å². The maximum atomic E-state index is 11.9. The van der Waals surface area contributed by atoms with Gasteiger partial charge in [-0.05, 0) is 25.0 Å². The molecule has 0 saturated heterocycles. The Balaban J connectivity index is 1.90. The minimum absolute atomic E-state index is 0.202. The second-order valence-electron chi connectivity index (χ2n) is 4.59. The standard InChI is InChI=1S/C15H16ClN3O/c1-10-3-2-4-11(7-10)5-6-18-15(20)12-8-13(16)14(17)19-9-12/h2-4,7-9H,5-6H2,1H3,(H2,17,19)(H,18,20). The lowest BCUT2D eigenvalue weighted by atomic mass is 10.1. The average molecular weight is 290 g/mol. The van der Waals surface area contributed by atoms with Crippen molar-refractivity contribution in [2.75, 3.05) is 12.3 Å². The molecule has 0 radical (unpaired) electrons. The van der Waals surface area contributed by atoms with Gasteiger partial charge in [-0.15, -0.1) is 0 Å². The third-order valence-electron chi connectivity index (χ3n) is 2.91. The van der Waals surface area contributed by atoms with Crippen LogP contribution in [0, 0.1) is 6.92 Å². The Morgan fingerprint density at radius 3 is 2.90 bits per heavy atom. The van der Waals surface area contributed by atoms with E-state index in [1.807, 2.05) is 25.1 Å². The first-order valence-electron chi connectivity index (χ1n) is 6.31. The number of aryl methyl sites for hydroxylation is 1. The van der Waals surface area contributed by atoms with E-state index < -0.39 is 0 Å². The predicted octanol–water partition coefficient (Wildman–Crippen LogP) is 2.60. The maximum Gasteiger partial charge on any atom is 0.252 e. The van der Waals surface area contributed by atoms with Gasteiger partial charge in [0.2, 0.25) is 0 Å². The van der Waals surface area contributed by atoms with Gasteiger partial charge in [0.1, 0.15) is 5.82 Å². The van der Waals surface area contributed by atoms with Crippen LogP contribution in [0.1, 0.15) is 21.5 Å². The molecule has 104 valence electrons. The molecule has 1 aromatic heterocycles. The highest BCUT2D eigenvalue weighted by atomic mass is 35.5. The molecule has 20 heavy (non-hydrogen) atoms. The molecular formula is C15H16ClN3O. The molecule has 4 nitrogen and oxygen atoms in total. The number of rotatable bonds is 4. The Morgan fingerprint density at radius 1 is 1.40 bits per heavy atom. The summed E-state index contributed by atoms with van der Waals surface area (Å²) >= 11 is 5.84. The van der Waals surface area contributed by atoms with Gasteiger partial charge in [0, 0.05) is 12.7 Å². The van der Waals surface area contributed by atoms with Gasteiger partial charge in [-0.2, -0.15) is 0 Å². The topological polar surface area (TPSA) is 68.0 Å². The first kappa shape index (κ1) is 14.3. The number of amides is 1. The fourth-order valence-corrected chi connectivity index (χ4v) is 2.03. The Bertz CT molecular complexity index is 628. The summed E-state index contributed by atoms with van der Waals surface area (Å²) in [7, 11) is 0. The summed E-state index contributed by atoms with van der Waals surface area (Å²) in [6, 6.07) is 9.72. The fraction of sp³-hybridized carbons (Fsp3) is 0.200. The van der Waals surface area contributed by atoms with E-state index in [0.717, 1.165) is 6.42 Å². The van der Waals surface area contributed by atoms with E-state index in [1.165, 1.54) is 23.4 Å². The van der Waals surface area contributed by atoms with Crippen molar-refractivity contribution in [3.63, 3.8) is 0 Å². The van der Waals surface area contributed by atoms with E-state index in [2.05, 4.69) is 16.4 Å². The second kappa shape index (κ2) is 6.39. The molecule has 2 rings (SSSR count). The number of aromatic nitrogens is 1. The van der Waals surface area contributed by atoms with Crippen LogP contribution in [0.5, 0.6) is 0 Å². The van der Waals surface area contributed by atoms with E-state index in [1.54, 1.807) is 0 Å². The Kier molecular flexibility index (Phi) is 4.58. The van der Waals surface area contributed by atoms with Gasteiger partial charge in [-0.1, -0.05) is 41.4 Å². The van der Waals surface area contributed by atoms with Gasteiger partial charge in [-0.25, -0.2) is 4.98 Å². The number of nitrogens with zero attached hydrogens (tertiary/aromatic N) is 1. The third kappa shape index (κ3) is 3.71. The molecule has 0 spiro atoms. The molecule has 1 heterocycles. The van der Waals surface area contributed by atoms with E-state index in [4.69, 9.17) is 17.3 Å². The zero-order chi connectivity index (χ0) is 14.5. The zero-order valence-electron chi connectivity index (χ0n) is 11.2. The lowest BCUT2D eigenvalue weighted by Gasteiger charge is -2.06. The molecule has 0 fully saturated rings. The van der Waals surface area contributed by atoms with E-state index >= 15 is 0 Å². The summed E-state index contributed by atoms with van der Waals surface area (Å²) < 4.78 is 0. The van der Waals surface area contributed by atoms with Crippen molar-refractivity contribution in [1.29, 1.82) is 0 Å². The summed E-state index contributed by atoms with van der Waals surface area (Å²) in [5.74, 6) is 0.0232. The number of halogens is 1. The molecule has 0 aliphatic heterocycles. The SMILES string of the molecule is Cc1cccc(CCNC(=O)c2cnc(N)c(Cl)c2)c1. The number of nitrogens with one attached hydrogen (secondary N) is 1. The number of nitrogen functional groups attached to an aromatic ring is 1. The van der Waals surface area contributed by atoms with Crippen LogP contribution in [-0.2, 0) is 6.42 Å². The van der Waals surface area contributed by atoms with Crippen molar-refractivity contribution < 1.29 is 4.79 Å². The summed E-state index contributed by atoms with van der Waals surface area (Å²) in [5, 5.41) is 3.12. The molecular weight excluding hydrogens is 274 g/mol. The number of anilines is 1. The molecule has 3 N–H and O–H groups in total. The average Bonchev–Trinajstić information content (AvgIpc) is 2.42. The van der Waals surface area contributed by atoms with Gasteiger partial charge >= 0.3 is 0 Å². The number of hydrogen-bond donors (Lipinski definition) is 2. The van der Waals surface area contributed by atoms with Gasteiger partial charge in [0.25, 0.3) is 5.91 Å². The highest BCUT2D eigenvalue weighted by molar-refractivity contribution is 6.33. The first-order valence-corrected chi connectivity index (χ1v) is 6.69. The van der Waals surface area contributed by atoms with E-state index in [-0.39, 0.29) is 16.7 Å². The van der Waals surface area contributed by atoms with Gasteiger partial charge in [0.15, 0.2) is 0 Å². The van der Waals surface area contributed by atoms with Crippen LogP contribution in [-0.4, -0.2) is 17.4 Å². The Hall–Kier alpha value is -2.07. The quantitative estimate of drug-likeness (QED) is 0.909. The van der Waals surface area contributed by atoms with Crippen molar-refractivity contribution in [2.45, 2.75) is 13.3 Å². The van der Waals surface area contributed by atoms with E-state index in [9.17, 15) is 4.79 Å². The molecule has 5 heteroatoms. The fourth-order valence-electron chi connectivity index (χ4n) is 1.86. The molecule has 2 aromatic rings. The monoisotopic (exact) mass is 289 g/mol. The van der Waals surface area contributed by atoms with Crippen LogP contribution in [0.4, 0.5) is 5.82 Å². The zero-order valence-corrected chi connectivity index (χ0v) is 11.9. The van der Waals surface area contributed by atoms with Crippen LogP contribution >= 0.6 is 11.6 Å². The number of nitrogens with two attached hydrogens (primary N) is 1. The van der Waals surface area contributed by atoms with Crippen LogP contribution < -0.4 is 11.1 Å². The van der Waals surface area contributed by atoms with Crippen molar-refractivity contribution in [1.82, 2.24) is 10.3 Å². The molecule has 1 amide bonds. The first-order chi connectivity index (χ1) is 9.56. The van der Waals surface area contributed by atoms with Crippen molar-refractivity contribution in [3.8, 4) is 0 Å². The van der Waals surface area contributed by atoms with Gasteiger partial charge in [0.05, 0.1) is 10.6 Å². The number of pyridine rings is 1. The summed E-state index contributed by atoms with van der Waals surface area (Å²) in [5.41, 5.74) is 8.32. The van der Waals surface area contributed by atoms with Crippen LogP contribution in [0.25, 0.3) is 0 Å². The summed E-state index contributed by atoms with van der Waals surface area (Å²) in [6.45, 7) is 2.61. The molecule has 0 aliphatic rings. The number of carbonyl (C=O) groups excluding carboxylic acids is 1. The minimum atomic E-state index is -0.202. The molecule has 0 saturated carbocycles. The Morgan fingerprint density at radius 2 is 2.20 bits per heavy atom. The summed E-state index contributed by atoms with van der Waals surface area (Å²) in [4.78, 5) is 15.8. The van der Waals surface area contributed by atoms with Crippen molar-refractivity contribution in [2.24, 2.45) is 0 Å². The van der Waals surface area contributed by atoms with Crippen molar-refractivity contribution in [3.05, 3.63) is 58.2 Å². The largest absolute Gasteiger partial charge is 0.382 e. The Labute approximate surface area is 123 Å². The smallest absolute Gasteiger partial charge is 0.252 e. The number of benzene rings is 1. The second-order valence-corrected chi connectivity index (χ2v) is 4.99. The minimum Gasteiger partial charge on any atom is -0.382 e. The molecule has 0 aliphatic carbocycles. The number of carbonyl (C=O) groups is 1. The molecule has 0 atom stereocenters. The van der Waals surface area contributed by atoms with Crippen LogP contribution in [0.3, 0.4) is 0 Å². The normalized spacial score (nSPS) is 10.3. The highest BCUT2D eigenvalue weighted by Gasteiger charge is 2.08. The van der Waals surface area contributed by atoms with Gasteiger partial charge in [-0.3, -0.25) is 4.79 Å². The number of hydrogen-bond acceptors (Lipinski definition) is 3. The predicted molar refractivity (Wildman–Crippen MR) is 80.9 cm³/mol. The highest BCUT2D eigenvalue weighted by Crippen LogP contribution is 2.16. The molecule has 0 unspecified atom stereocenters. The molecule has 1 aromatic carbocycles. The lowest BCUT2D eigenvalue weighted by molar-refractivity contribution is 0.0954.